The quantitative estimate of drug-likeness (QED) is 0.310. The Labute approximate surface area is 263 Å². The van der Waals surface area contributed by atoms with E-state index < -0.39 is 23.1 Å². The fourth-order valence-electron chi connectivity index (χ4n) is 4.78. The highest BCUT2D eigenvalue weighted by Crippen LogP contribution is 2.34. The normalized spacial score (nSPS) is 16.1. The van der Waals surface area contributed by atoms with Gasteiger partial charge in [-0.05, 0) is 45.0 Å². The van der Waals surface area contributed by atoms with Crippen LogP contribution < -0.4 is 10.9 Å². The van der Waals surface area contributed by atoms with Crippen LogP contribution in [0.2, 0.25) is 0 Å². The summed E-state index contributed by atoms with van der Waals surface area (Å²) in [5, 5.41) is 4.14. The molecule has 12 nitrogen and oxygen atoms in total. The Kier molecular flexibility index (Phi) is 8.77. The number of carbonyl (C=O) groups excluding carboxylic acids is 3. The number of hydrazine groups is 1. The molecule has 13 heteroatoms. The van der Waals surface area contributed by atoms with E-state index in [1.165, 1.54) is 12.3 Å². The third-order valence-electron chi connectivity index (χ3n) is 6.96. The highest BCUT2D eigenvalue weighted by Gasteiger charge is 2.40. The van der Waals surface area contributed by atoms with Crippen LogP contribution in [0.4, 0.5) is 4.79 Å². The molecular formula is C31H33BrN8O4. The Balaban J connectivity index is 1.26. The van der Waals surface area contributed by atoms with Crippen molar-refractivity contribution in [1.29, 1.82) is 0 Å². The number of hydrogen-bond acceptors (Lipinski definition) is 8. The summed E-state index contributed by atoms with van der Waals surface area (Å²) in [4.78, 5) is 53.8. The number of aryl methyl sites for hydroxylation is 1. The number of carbonyl (C=O) groups is 3. The number of piperidine rings is 1. The Morgan fingerprint density at radius 2 is 1.70 bits per heavy atom. The second-order valence-electron chi connectivity index (χ2n) is 11.6. The van der Waals surface area contributed by atoms with Gasteiger partial charge in [0.25, 0.3) is 11.8 Å². The minimum atomic E-state index is -0.752. The SMILES string of the molecule is Cn1cc(-c2cncc(C(=O)NNC(=O)/C=C/C3=NC4(CCN(C(=O)OC(C)(C)C)CC4)N=C3c3ccc(Br)cc3)c2)cn1. The van der Waals surface area contributed by atoms with Gasteiger partial charge in [0.1, 0.15) is 5.60 Å². The first-order valence-corrected chi connectivity index (χ1v) is 14.9. The number of allylic oxidation sites excluding steroid dienone is 1. The van der Waals surface area contributed by atoms with Crippen LogP contribution >= 0.6 is 15.9 Å². The standard InChI is InChI=1S/C31H33BrN8O4/c1-30(2,3)44-29(43)40-13-11-31(12-14-40)35-25(27(36-31)20-5-7-24(32)8-6-20)9-10-26(41)37-38-28(42)22-15-21(16-33-17-22)23-18-34-39(4)19-23/h5-10,15-19H,11-14H2,1-4H3,(H,37,41)(H,38,42)/b10-9+. The molecule has 3 aromatic rings. The van der Waals surface area contributed by atoms with Crippen LogP contribution in [0.15, 0.2) is 81.7 Å². The summed E-state index contributed by atoms with van der Waals surface area (Å²) in [5.41, 5.74) is 7.34. The molecule has 5 rings (SSSR count). The van der Waals surface area contributed by atoms with E-state index in [0.29, 0.717) is 37.4 Å². The zero-order chi connectivity index (χ0) is 31.5. The lowest BCUT2D eigenvalue weighted by molar-refractivity contribution is -0.117. The predicted octanol–water partition coefficient (Wildman–Crippen LogP) is 4.23. The number of aliphatic imine (C=N–C) groups is 2. The fourth-order valence-corrected chi connectivity index (χ4v) is 5.04. The minimum absolute atomic E-state index is 0.278. The molecule has 2 aliphatic rings. The predicted molar refractivity (Wildman–Crippen MR) is 169 cm³/mol. The average Bonchev–Trinajstić information content (AvgIpc) is 3.58. The minimum Gasteiger partial charge on any atom is -0.444 e. The summed E-state index contributed by atoms with van der Waals surface area (Å²) in [5.74, 6) is -1.07. The van der Waals surface area contributed by atoms with E-state index in [0.717, 1.165) is 21.2 Å². The van der Waals surface area contributed by atoms with E-state index in [4.69, 9.17) is 14.7 Å². The molecule has 0 radical (unpaired) electrons. The number of rotatable bonds is 5. The number of pyridine rings is 1. The molecule has 1 spiro atoms. The monoisotopic (exact) mass is 660 g/mol. The number of hydrogen-bond donors (Lipinski definition) is 2. The smallest absolute Gasteiger partial charge is 0.410 e. The van der Waals surface area contributed by atoms with Gasteiger partial charge in [-0.25, -0.2) is 4.79 Å². The number of ether oxygens (including phenoxy) is 1. The van der Waals surface area contributed by atoms with Crippen LogP contribution in [-0.4, -0.2) is 73.3 Å². The molecule has 1 fully saturated rings. The van der Waals surface area contributed by atoms with Gasteiger partial charge in [-0.15, -0.1) is 0 Å². The molecule has 0 saturated carbocycles. The average molecular weight is 662 g/mol. The first kappa shape index (κ1) is 30.8. The van der Waals surface area contributed by atoms with Crippen molar-refractivity contribution >= 4 is 45.3 Å². The second-order valence-corrected chi connectivity index (χ2v) is 12.5. The van der Waals surface area contributed by atoms with Gasteiger partial charge in [0.05, 0.1) is 23.2 Å². The lowest BCUT2D eigenvalue weighted by atomic mass is 9.99. The second kappa shape index (κ2) is 12.5. The molecule has 2 aromatic heterocycles. The Morgan fingerprint density at radius 3 is 2.36 bits per heavy atom. The van der Waals surface area contributed by atoms with Crippen LogP contribution in [-0.2, 0) is 16.6 Å². The first-order valence-electron chi connectivity index (χ1n) is 14.1. The Bertz CT molecular complexity index is 1660. The van der Waals surface area contributed by atoms with Crippen molar-refractivity contribution in [2.45, 2.75) is 44.9 Å². The summed E-state index contributed by atoms with van der Waals surface area (Å²) in [6.45, 7) is 6.40. The molecule has 0 bridgehead atoms. The number of halogens is 1. The van der Waals surface area contributed by atoms with Crippen LogP contribution in [0.3, 0.4) is 0 Å². The number of nitrogens with zero attached hydrogens (tertiary/aromatic N) is 6. The molecule has 44 heavy (non-hydrogen) atoms. The molecule has 3 amide bonds. The van der Waals surface area contributed by atoms with Crippen molar-refractivity contribution < 1.29 is 19.1 Å². The third kappa shape index (κ3) is 7.46. The van der Waals surface area contributed by atoms with Crippen molar-refractivity contribution in [3.8, 4) is 11.1 Å². The fraction of sp³-hybridized carbons (Fsp3) is 0.323. The molecule has 2 N–H and O–H groups in total. The Morgan fingerprint density at radius 1 is 0.977 bits per heavy atom. The molecule has 2 aliphatic heterocycles. The highest BCUT2D eigenvalue weighted by atomic mass is 79.9. The molecule has 1 saturated heterocycles. The summed E-state index contributed by atoms with van der Waals surface area (Å²) in [6, 6.07) is 9.35. The first-order chi connectivity index (χ1) is 20.9. The molecule has 0 atom stereocenters. The maximum atomic E-state index is 12.7. The van der Waals surface area contributed by atoms with Crippen LogP contribution in [0, 0.1) is 0 Å². The van der Waals surface area contributed by atoms with E-state index in [9.17, 15) is 14.4 Å². The highest BCUT2D eigenvalue weighted by molar-refractivity contribution is 9.10. The maximum Gasteiger partial charge on any atom is 0.410 e. The molecule has 0 aliphatic carbocycles. The van der Waals surface area contributed by atoms with Crippen molar-refractivity contribution in [1.82, 2.24) is 30.5 Å². The van der Waals surface area contributed by atoms with Gasteiger partial charge in [0.2, 0.25) is 0 Å². The van der Waals surface area contributed by atoms with Gasteiger partial charge in [-0.2, -0.15) is 5.10 Å². The van der Waals surface area contributed by atoms with Crippen molar-refractivity contribution in [2.24, 2.45) is 17.0 Å². The van der Waals surface area contributed by atoms with Crippen molar-refractivity contribution in [2.75, 3.05) is 13.1 Å². The summed E-state index contributed by atoms with van der Waals surface area (Å²) >= 11 is 3.46. The van der Waals surface area contributed by atoms with Crippen LogP contribution in [0.1, 0.15) is 49.5 Å². The summed E-state index contributed by atoms with van der Waals surface area (Å²) < 4.78 is 8.11. The Hall–Kier alpha value is -4.65. The van der Waals surface area contributed by atoms with Gasteiger partial charge < -0.3 is 9.64 Å². The number of likely N-dealkylation sites (tertiary alicyclic amines) is 1. The zero-order valence-electron chi connectivity index (χ0n) is 24.9. The van der Waals surface area contributed by atoms with Gasteiger partial charge in [-0.1, -0.05) is 28.1 Å². The zero-order valence-corrected chi connectivity index (χ0v) is 26.5. The number of benzene rings is 1. The molecule has 0 unspecified atom stereocenters. The topological polar surface area (TPSA) is 143 Å². The molecule has 1 aromatic carbocycles. The number of aromatic nitrogens is 3. The van der Waals surface area contributed by atoms with Crippen LogP contribution in [0.25, 0.3) is 11.1 Å². The van der Waals surface area contributed by atoms with Gasteiger partial charge in [0.15, 0.2) is 5.66 Å². The van der Waals surface area contributed by atoms with Crippen LogP contribution in [0.5, 0.6) is 0 Å². The maximum absolute atomic E-state index is 12.7. The largest absolute Gasteiger partial charge is 0.444 e. The molecule has 228 valence electrons. The van der Waals surface area contributed by atoms with Crippen molar-refractivity contribution in [3.63, 3.8) is 0 Å². The van der Waals surface area contributed by atoms with E-state index >= 15 is 0 Å². The van der Waals surface area contributed by atoms with E-state index in [2.05, 4.69) is 36.9 Å². The third-order valence-corrected chi connectivity index (χ3v) is 7.48. The summed E-state index contributed by atoms with van der Waals surface area (Å²) in [6.07, 6.45) is 10.1. The van der Waals surface area contributed by atoms with Crippen molar-refractivity contribution in [3.05, 3.63) is 82.9 Å². The van der Waals surface area contributed by atoms with E-state index in [1.807, 2.05) is 51.2 Å². The molecule has 4 heterocycles. The van der Waals surface area contributed by atoms with E-state index in [-0.39, 0.29) is 11.7 Å². The lowest BCUT2D eigenvalue weighted by Crippen LogP contribution is -2.46. The van der Waals surface area contributed by atoms with Gasteiger partial charge in [-0.3, -0.25) is 40.1 Å². The van der Waals surface area contributed by atoms with Gasteiger partial charge in [0, 0.05) is 78.8 Å². The van der Waals surface area contributed by atoms with Gasteiger partial charge >= 0.3 is 6.09 Å². The van der Waals surface area contributed by atoms with E-state index in [1.54, 1.807) is 41.2 Å². The molecular weight excluding hydrogens is 628 g/mol. The summed E-state index contributed by atoms with van der Waals surface area (Å²) in [7, 11) is 1.80. The lowest BCUT2D eigenvalue weighted by Gasteiger charge is -2.36. The number of nitrogens with one attached hydrogen (secondary N) is 2. The number of amides is 3.